The Bertz CT molecular complexity index is 2630. The molecule has 0 N–H and O–H groups in total. The van der Waals surface area contributed by atoms with E-state index in [0.717, 1.165) is 56.1 Å². The van der Waals surface area contributed by atoms with E-state index in [1.165, 1.54) is 32.3 Å². The number of hydrogen-bond donors (Lipinski definition) is 0. The normalized spacial score (nSPS) is 12.8. The zero-order valence-electron chi connectivity index (χ0n) is 24.3. The van der Waals surface area contributed by atoms with Crippen LogP contribution in [0.3, 0.4) is 0 Å². The molecule has 0 saturated heterocycles. The van der Waals surface area contributed by atoms with Crippen molar-refractivity contribution in [2.75, 3.05) is 9.80 Å². The van der Waals surface area contributed by atoms with E-state index in [1.807, 2.05) is 6.07 Å². The summed E-state index contributed by atoms with van der Waals surface area (Å²) in [7, 11) is 0. The van der Waals surface area contributed by atoms with E-state index in [0.29, 0.717) is 0 Å². The highest BCUT2D eigenvalue weighted by Gasteiger charge is 2.35. The zero-order valence-corrected chi connectivity index (χ0v) is 24.3. The first-order chi connectivity index (χ1) is 22.3. The molecule has 0 fully saturated rings. The largest absolute Gasteiger partial charge is 0.454 e. The van der Waals surface area contributed by atoms with Crippen molar-refractivity contribution < 1.29 is 4.42 Å². The summed E-state index contributed by atoms with van der Waals surface area (Å²) in [5, 5.41) is 9.45. The molecule has 1 aliphatic heterocycles. The third-order valence-corrected chi connectivity index (χ3v) is 9.32. The topological polar surface area (TPSA) is 19.6 Å². The van der Waals surface area contributed by atoms with Crippen LogP contribution in [0.15, 0.2) is 162 Å². The molecule has 1 aromatic heterocycles. The average Bonchev–Trinajstić information content (AvgIpc) is 3.49. The van der Waals surface area contributed by atoms with Crippen molar-refractivity contribution >= 4 is 88.4 Å². The molecule has 0 amide bonds. The van der Waals surface area contributed by atoms with Gasteiger partial charge in [0, 0.05) is 26.9 Å². The number of benzene rings is 8. The number of fused-ring (bicyclic) bond motifs is 10. The molecular weight excluding hydrogens is 548 g/mol. The zero-order chi connectivity index (χ0) is 29.5. The second kappa shape index (κ2) is 9.22. The molecule has 0 spiro atoms. The minimum atomic E-state index is 0.885. The van der Waals surface area contributed by atoms with E-state index in [4.69, 9.17) is 4.42 Å². The maximum atomic E-state index is 6.68. The minimum Gasteiger partial charge on any atom is -0.454 e. The molecule has 0 bridgehead atoms. The van der Waals surface area contributed by atoms with Gasteiger partial charge in [-0.15, -0.1) is 0 Å². The summed E-state index contributed by atoms with van der Waals surface area (Å²) in [4.78, 5) is 4.92. The van der Waals surface area contributed by atoms with Crippen LogP contribution in [-0.4, -0.2) is 0 Å². The van der Waals surface area contributed by atoms with Gasteiger partial charge in [-0.05, 0) is 46.5 Å². The van der Waals surface area contributed by atoms with E-state index in [1.54, 1.807) is 0 Å². The maximum Gasteiger partial charge on any atom is 0.159 e. The molecule has 3 heteroatoms. The van der Waals surface area contributed by atoms with Crippen molar-refractivity contribution in [1.29, 1.82) is 0 Å². The van der Waals surface area contributed by atoms with Crippen LogP contribution < -0.4 is 9.80 Å². The lowest BCUT2D eigenvalue weighted by molar-refractivity contribution is 0.669. The van der Waals surface area contributed by atoms with Gasteiger partial charge in [-0.2, -0.15) is 0 Å². The number of nitrogens with zero attached hydrogens (tertiary/aromatic N) is 2. The van der Waals surface area contributed by atoms with Crippen LogP contribution in [0.4, 0.5) is 34.1 Å². The Morgan fingerprint density at radius 1 is 0.311 bits per heavy atom. The SMILES string of the molecule is c1ccc2c(N3c4ccc5ccccc5c4N(c4cccc5c4oc4ccccc45)c4ccc5ccccc5c43)cccc2c1. The van der Waals surface area contributed by atoms with E-state index < -0.39 is 0 Å². The second-order valence-electron chi connectivity index (χ2n) is 11.7. The number of rotatable bonds is 2. The molecule has 2 heterocycles. The lowest BCUT2D eigenvalue weighted by Gasteiger charge is -2.42. The Morgan fingerprint density at radius 2 is 0.778 bits per heavy atom. The van der Waals surface area contributed by atoms with Gasteiger partial charge in [-0.25, -0.2) is 0 Å². The molecule has 0 radical (unpaired) electrons. The van der Waals surface area contributed by atoms with Gasteiger partial charge in [0.25, 0.3) is 0 Å². The highest BCUT2D eigenvalue weighted by Crippen LogP contribution is 2.59. The van der Waals surface area contributed by atoms with Crippen LogP contribution in [-0.2, 0) is 0 Å². The molecule has 0 atom stereocenters. The van der Waals surface area contributed by atoms with Gasteiger partial charge < -0.3 is 14.2 Å². The van der Waals surface area contributed by atoms with E-state index in [9.17, 15) is 0 Å². The molecule has 8 aromatic carbocycles. The first-order valence-corrected chi connectivity index (χ1v) is 15.4. The van der Waals surface area contributed by atoms with Gasteiger partial charge in [0.15, 0.2) is 5.58 Å². The average molecular weight is 575 g/mol. The smallest absolute Gasteiger partial charge is 0.159 e. The van der Waals surface area contributed by atoms with Crippen LogP contribution in [0.1, 0.15) is 0 Å². The van der Waals surface area contributed by atoms with Crippen molar-refractivity contribution in [2.45, 2.75) is 0 Å². The highest BCUT2D eigenvalue weighted by atomic mass is 16.3. The monoisotopic (exact) mass is 574 g/mol. The van der Waals surface area contributed by atoms with Crippen LogP contribution in [0.5, 0.6) is 0 Å². The predicted octanol–water partition coefficient (Wildman–Crippen LogP) is 12.3. The van der Waals surface area contributed by atoms with Gasteiger partial charge in [-0.3, -0.25) is 0 Å². The summed E-state index contributed by atoms with van der Waals surface area (Å²) in [5.74, 6) is 0. The lowest BCUT2D eigenvalue weighted by Crippen LogP contribution is -2.25. The Morgan fingerprint density at radius 3 is 1.47 bits per heavy atom. The molecule has 0 aliphatic carbocycles. The highest BCUT2D eigenvalue weighted by molar-refractivity contribution is 6.21. The molecule has 0 saturated carbocycles. The molecule has 0 unspecified atom stereocenters. The molecule has 210 valence electrons. The van der Waals surface area contributed by atoms with Crippen molar-refractivity contribution in [3.63, 3.8) is 0 Å². The molecule has 10 rings (SSSR count). The van der Waals surface area contributed by atoms with E-state index in [2.05, 4.69) is 161 Å². The third-order valence-electron chi connectivity index (χ3n) is 9.32. The van der Waals surface area contributed by atoms with Gasteiger partial charge in [0.2, 0.25) is 0 Å². The van der Waals surface area contributed by atoms with Crippen molar-refractivity contribution in [3.8, 4) is 0 Å². The maximum absolute atomic E-state index is 6.68. The summed E-state index contributed by atoms with van der Waals surface area (Å²) >= 11 is 0. The van der Waals surface area contributed by atoms with Gasteiger partial charge in [-0.1, -0.05) is 127 Å². The Kier molecular flexibility index (Phi) is 5.00. The van der Waals surface area contributed by atoms with E-state index >= 15 is 0 Å². The standard InChI is InChI=1S/C42H26N2O/c1-4-15-30-27(11-1)14-9-20-35(30)43-36-25-23-29-13-3-6-17-32(29)41(36)44(37-26-24-28-12-2-5-16-31(28)40(37)43)38-21-10-19-34-33-18-7-8-22-39(33)45-42(34)38/h1-26H. The quantitative estimate of drug-likeness (QED) is 0.205. The number of anilines is 6. The molecular formula is C42H26N2O. The number of furan rings is 1. The molecule has 3 nitrogen and oxygen atoms in total. The first-order valence-electron chi connectivity index (χ1n) is 15.4. The summed E-state index contributed by atoms with van der Waals surface area (Å²) in [6, 6.07) is 56.6. The molecule has 9 aromatic rings. The fourth-order valence-corrected chi connectivity index (χ4v) is 7.37. The minimum absolute atomic E-state index is 0.885. The van der Waals surface area contributed by atoms with Gasteiger partial charge in [0.1, 0.15) is 5.58 Å². The molecule has 1 aliphatic rings. The van der Waals surface area contributed by atoms with Crippen molar-refractivity contribution in [2.24, 2.45) is 0 Å². The summed E-state index contributed by atoms with van der Waals surface area (Å²) in [5.41, 5.74) is 8.48. The van der Waals surface area contributed by atoms with Gasteiger partial charge in [0.05, 0.1) is 34.1 Å². The fraction of sp³-hybridized carbons (Fsp3) is 0. The second-order valence-corrected chi connectivity index (χ2v) is 11.7. The Labute approximate surface area is 259 Å². The predicted molar refractivity (Wildman–Crippen MR) is 189 cm³/mol. The van der Waals surface area contributed by atoms with Crippen molar-refractivity contribution in [1.82, 2.24) is 0 Å². The van der Waals surface area contributed by atoms with Crippen LogP contribution in [0.2, 0.25) is 0 Å². The van der Waals surface area contributed by atoms with Crippen LogP contribution in [0.25, 0.3) is 54.3 Å². The Balaban J connectivity index is 1.39. The van der Waals surface area contributed by atoms with E-state index in [-0.39, 0.29) is 0 Å². The summed E-state index contributed by atoms with van der Waals surface area (Å²) < 4.78 is 6.68. The number of hydrogen-bond acceptors (Lipinski definition) is 3. The summed E-state index contributed by atoms with van der Waals surface area (Å²) in [6.45, 7) is 0. The Hall–Kier alpha value is -6.06. The van der Waals surface area contributed by atoms with Crippen molar-refractivity contribution in [3.05, 3.63) is 158 Å². The first kappa shape index (κ1) is 24.4. The van der Waals surface area contributed by atoms with Crippen LogP contribution >= 0.6 is 0 Å². The lowest BCUT2D eigenvalue weighted by atomic mass is 9.95. The summed E-state index contributed by atoms with van der Waals surface area (Å²) in [6.07, 6.45) is 0. The fourth-order valence-electron chi connectivity index (χ4n) is 7.37. The van der Waals surface area contributed by atoms with Crippen LogP contribution in [0, 0.1) is 0 Å². The van der Waals surface area contributed by atoms with Gasteiger partial charge >= 0.3 is 0 Å². The molecule has 45 heavy (non-hydrogen) atoms. The third kappa shape index (κ3) is 3.41. The number of para-hydroxylation sites is 2.